The molecule has 1 rings (SSSR count). The van der Waals surface area contributed by atoms with E-state index < -0.39 is 0 Å². The molecule has 1 aromatic heterocycles. The minimum absolute atomic E-state index is 0. The maximum absolute atomic E-state index is 3.69. The average Bonchev–Trinajstić information content (AvgIpc) is 1.86. The van der Waals surface area contributed by atoms with E-state index in [9.17, 15) is 0 Å². The fourth-order valence-corrected chi connectivity index (χ4v) is 0.245. The Hall–Kier alpha value is -0.276. The Morgan fingerprint density at radius 2 is 2.43 bits per heavy atom. The second kappa shape index (κ2) is 2.83. The molecule has 0 fully saturated rings. The van der Waals surface area contributed by atoms with E-state index in [1.54, 1.807) is 6.92 Å². The molecule has 0 unspecified atom stereocenters. The molecule has 7 heavy (non-hydrogen) atoms. The molecule has 0 amide bonds. The van der Waals surface area contributed by atoms with Crippen LogP contribution < -0.4 is 4.98 Å². The molecule has 0 saturated heterocycles. The van der Waals surface area contributed by atoms with Gasteiger partial charge in [-0.1, -0.05) is 0 Å². The fraction of sp³-hybridized carbons (Fsp3) is 0.333. The van der Waals surface area contributed by atoms with E-state index in [2.05, 4.69) is 15.2 Å². The Morgan fingerprint density at radius 3 is 2.57 bits per heavy atom. The molecule has 0 bridgehead atoms. The van der Waals surface area contributed by atoms with Crippen LogP contribution in [0.2, 0.25) is 0 Å². The molecule has 1 heterocycles. The summed E-state index contributed by atoms with van der Waals surface area (Å²) < 4.78 is 0. The predicted octanol–water partition coefficient (Wildman–Crippen LogP) is -0.260. The van der Waals surface area contributed by atoms with Crippen LogP contribution >= 0.6 is 0 Å². The molecule has 0 atom stereocenters. The summed E-state index contributed by atoms with van der Waals surface area (Å²) in [6.45, 7) is 1.80. The summed E-state index contributed by atoms with van der Waals surface area (Å²) in [5, 5.41) is 7.02. The monoisotopic (exact) mass is 133 g/mol. The fourth-order valence-electron chi connectivity index (χ4n) is 0.245. The van der Waals surface area contributed by atoms with Crippen LogP contribution in [0.15, 0.2) is 6.33 Å². The zero-order chi connectivity index (χ0) is 4.41. The van der Waals surface area contributed by atoms with Gasteiger partial charge in [-0.05, 0) is 19.1 Å². The predicted molar refractivity (Wildman–Crippen MR) is 20.1 cm³/mol. The van der Waals surface area contributed by atoms with Gasteiger partial charge in [0.25, 0.3) is 0 Å². The van der Waals surface area contributed by atoms with E-state index in [-0.39, 0.29) is 18.6 Å². The van der Waals surface area contributed by atoms with Crippen LogP contribution in [0, 0.1) is 6.92 Å². The van der Waals surface area contributed by atoms with Gasteiger partial charge in [-0.3, -0.25) is 0 Å². The Morgan fingerprint density at radius 1 is 1.71 bits per heavy atom. The molecule has 0 aliphatic carbocycles. The first-order chi connectivity index (χ1) is 2.89. The Labute approximate surface area is 53.4 Å². The molecular weight excluding hydrogens is 129 g/mol. The molecule has 4 heteroatoms. The first-order valence-electron chi connectivity index (χ1n) is 1.66. The quantitative estimate of drug-likeness (QED) is 0.489. The molecular formula is C3H4N3V-. The topological polar surface area (TPSA) is 39.9 Å². The van der Waals surface area contributed by atoms with Gasteiger partial charge in [-0.15, -0.1) is 0 Å². The Balaban J connectivity index is 0.000000360. The first-order valence-corrected chi connectivity index (χ1v) is 1.66. The zero-order valence-corrected chi connectivity index (χ0v) is 5.26. The van der Waals surface area contributed by atoms with Gasteiger partial charge in [-0.25, -0.2) is 0 Å². The van der Waals surface area contributed by atoms with Gasteiger partial charge in [0.1, 0.15) is 0 Å². The van der Waals surface area contributed by atoms with Crippen molar-refractivity contribution in [1.29, 1.82) is 0 Å². The molecule has 37 valence electrons. The second-order valence-electron chi connectivity index (χ2n) is 1.01. The van der Waals surface area contributed by atoms with Crippen LogP contribution in [0.25, 0.3) is 0 Å². The largest absolute Gasteiger partial charge is 0.370 e. The molecule has 0 saturated carbocycles. The van der Waals surface area contributed by atoms with Gasteiger partial charge in [0.15, 0.2) is 0 Å². The zero-order valence-electron chi connectivity index (χ0n) is 3.87. The number of hydrogen-bond donors (Lipinski definition) is 0. The van der Waals surface area contributed by atoms with Crippen molar-refractivity contribution in [1.82, 2.24) is 15.2 Å². The summed E-state index contributed by atoms with van der Waals surface area (Å²) >= 11 is 0. The number of aromatic nitrogens is 3. The van der Waals surface area contributed by atoms with Gasteiger partial charge in [0, 0.05) is 18.6 Å². The number of rotatable bonds is 0. The van der Waals surface area contributed by atoms with E-state index in [4.69, 9.17) is 0 Å². The van der Waals surface area contributed by atoms with Crippen LogP contribution in [0.1, 0.15) is 5.82 Å². The molecule has 1 aromatic rings. The molecule has 0 spiro atoms. The maximum atomic E-state index is 3.69. The summed E-state index contributed by atoms with van der Waals surface area (Å²) in [6.07, 6.45) is 1.43. The summed E-state index contributed by atoms with van der Waals surface area (Å²) in [7, 11) is 0. The number of aryl methyl sites for hydroxylation is 1. The van der Waals surface area contributed by atoms with Crippen molar-refractivity contribution in [3.63, 3.8) is 0 Å². The van der Waals surface area contributed by atoms with Crippen molar-refractivity contribution in [3.05, 3.63) is 12.2 Å². The van der Waals surface area contributed by atoms with E-state index in [1.165, 1.54) is 6.33 Å². The second-order valence-corrected chi connectivity index (χ2v) is 1.01. The molecule has 3 nitrogen and oxygen atoms in total. The summed E-state index contributed by atoms with van der Waals surface area (Å²) in [6, 6.07) is 0. The van der Waals surface area contributed by atoms with Crippen molar-refractivity contribution in [2.24, 2.45) is 0 Å². The minimum atomic E-state index is 0. The summed E-state index contributed by atoms with van der Waals surface area (Å²) in [5.74, 6) is 0.731. The number of nitrogens with zero attached hydrogens (tertiary/aromatic N) is 3. The smallest absolute Gasteiger partial charge is 0 e. The van der Waals surface area contributed by atoms with Crippen molar-refractivity contribution in [2.75, 3.05) is 0 Å². The van der Waals surface area contributed by atoms with Crippen molar-refractivity contribution >= 4 is 0 Å². The van der Waals surface area contributed by atoms with Gasteiger partial charge >= 0.3 is 0 Å². The summed E-state index contributed by atoms with van der Waals surface area (Å²) in [4.78, 5) is 3.69. The van der Waals surface area contributed by atoms with Crippen LogP contribution in [-0.4, -0.2) is 10.2 Å². The minimum Gasteiger partial charge on any atom is -0.370 e. The SMILES string of the molecule is Cc1nnc[n-]1.[V]. The standard InChI is InChI=1S/C3H4N3.V/c1-3-4-2-5-6-3;/h2H,1H3;/q-1;. The van der Waals surface area contributed by atoms with Gasteiger partial charge in [0.05, 0.1) is 0 Å². The van der Waals surface area contributed by atoms with E-state index in [0.717, 1.165) is 5.82 Å². The molecule has 1 radical (unpaired) electrons. The van der Waals surface area contributed by atoms with Crippen molar-refractivity contribution in [3.8, 4) is 0 Å². The first kappa shape index (κ1) is 6.72. The molecule has 0 aliphatic heterocycles. The van der Waals surface area contributed by atoms with E-state index >= 15 is 0 Å². The average molecular weight is 133 g/mol. The number of hydrogen-bond acceptors (Lipinski definition) is 2. The van der Waals surface area contributed by atoms with Gasteiger partial charge in [0.2, 0.25) is 0 Å². The van der Waals surface area contributed by atoms with E-state index in [1.807, 2.05) is 0 Å². The van der Waals surface area contributed by atoms with Crippen molar-refractivity contribution < 1.29 is 18.6 Å². The van der Waals surface area contributed by atoms with Crippen LogP contribution in [0.3, 0.4) is 0 Å². The van der Waals surface area contributed by atoms with Crippen molar-refractivity contribution in [2.45, 2.75) is 6.92 Å². The Bertz CT molecular complexity index is 114. The third-order valence-corrected chi connectivity index (χ3v) is 0.499. The van der Waals surface area contributed by atoms with Crippen LogP contribution in [0.4, 0.5) is 0 Å². The Kier molecular flexibility index (Phi) is 2.71. The van der Waals surface area contributed by atoms with Gasteiger partial charge < -0.3 is 15.2 Å². The molecule has 0 N–H and O–H groups in total. The normalized spacial score (nSPS) is 7.57. The van der Waals surface area contributed by atoms with Crippen LogP contribution in [0.5, 0.6) is 0 Å². The molecule has 0 aromatic carbocycles. The maximum Gasteiger partial charge on any atom is 0 e. The molecule has 0 aliphatic rings. The van der Waals surface area contributed by atoms with Crippen LogP contribution in [-0.2, 0) is 18.6 Å². The third-order valence-electron chi connectivity index (χ3n) is 0.499. The van der Waals surface area contributed by atoms with Gasteiger partial charge in [-0.2, -0.15) is 0 Å². The summed E-state index contributed by atoms with van der Waals surface area (Å²) in [5.41, 5.74) is 0. The third kappa shape index (κ3) is 1.76. The van der Waals surface area contributed by atoms with E-state index in [0.29, 0.717) is 0 Å².